The average Bonchev–Trinajstić information content (AvgIpc) is 1.86. The Morgan fingerprint density at radius 1 is 1.44 bits per heavy atom. The van der Waals surface area contributed by atoms with Crippen molar-refractivity contribution in [2.75, 3.05) is 0 Å². The fraction of sp³-hybridized carbons (Fsp3) is 0. The molecule has 0 fully saturated rings. The van der Waals surface area contributed by atoms with Gasteiger partial charge in [0.25, 0.3) is 0 Å². The van der Waals surface area contributed by atoms with Gasteiger partial charge in [-0.1, -0.05) is 0 Å². The Balaban J connectivity index is -0.000000120. The Hall–Kier alpha value is 3.40. The van der Waals surface area contributed by atoms with Gasteiger partial charge in [-0.2, -0.15) is 9.85 Å². The SMILES string of the molecule is [K+].[K+].[S-]c1nn[c-]s1.[SH-]. The van der Waals surface area contributed by atoms with Gasteiger partial charge in [-0.3, -0.25) is 10.2 Å². The third-order valence-electron chi connectivity index (χ3n) is 0.305. The predicted octanol–water partition coefficient (Wildman–Crippen LogP) is -6.02. The maximum Gasteiger partial charge on any atom is 1.00 e. The standard InChI is InChI=1S/C2HN2S2.2K.H2S/c5-2-4-3-1-6-2;;;/h(H,4,5);;;1H2/q-1;2*+1;/p-2. The first-order chi connectivity index (χ1) is 2.89. The van der Waals surface area contributed by atoms with Gasteiger partial charge in [0.2, 0.25) is 0 Å². The summed E-state index contributed by atoms with van der Waals surface area (Å²) in [5.41, 5.74) is 2.51. The molecule has 0 unspecified atom stereocenters. The zero-order chi connectivity index (χ0) is 4.41. The monoisotopic (exact) mass is 227 g/mol. The van der Waals surface area contributed by atoms with Crippen LogP contribution < -0.4 is 103 Å². The van der Waals surface area contributed by atoms with Gasteiger partial charge in [-0.15, -0.1) is 0 Å². The number of rotatable bonds is 0. The van der Waals surface area contributed by atoms with E-state index in [0.29, 0.717) is 4.34 Å². The summed E-state index contributed by atoms with van der Waals surface area (Å²) in [6, 6.07) is 0. The minimum Gasteiger partial charge on any atom is -0.813 e. The van der Waals surface area contributed by atoms with Crippen molar-refractivity contribution in [1.82, 2.24) is 10.2 Å². The van der Waals surface area contributed by atoms with Gasteiger partial charge >= 0.3 is 103 Å². The number of nitrogens with zero attached hydrogens (tertiary/aromatic N) is 2. The third-order valence-corrected chi connectivity index (χ3v) is 1.07. The molecule has 40 valence electrons. The van der Waals surface area contributed by atoms with Gasteiger partial charge in [-0.05, 0) is 0 Å². The average molecular weight is 227 g/mol. The van der Waals surface area contributed by atoms with E-state index in [1.54, 1.807) is 0 Å². The molecule has 1 rings (SSSR count). The van der Waals surface area contributed by atoms with Crippen LogP contribution in [0.5, 0.6) is 0 Å². The Kier molecular flexibility index (Phi) is 23.1. The zero-order valence-corrected chi connectivity index (χ0v) is 13.9. The molecule has 0 aliphatic carbocycles. The Morgan fingerprint density at radius 3 is 2.11 bits per heavy atom. The van der Waals surface area contributed by atoms with E-state index in [1.165, 1.54) is 11.3 Å². The molecule has 1 heterocycles. The molecule has 0 N–H and O–H groups in total. The molecule has 0 aliphatic rings. The first-order valence-corrected chi connectivity index (χ1v) is 2.48. The molecule has 1 aromatic heterocycles. The molecular weight excluding hydrogens is 226 g/mol. The molecule has 7 heteroatoms. The smallest absolute Gasteiger partial charge is 0.813 e. The summed E-state index contributed by atoms with van der Waals surface area (Å²) >= 11 is 5.80. The van der Waals surface area contributed by atoms with E-state index >= 15 is 0 Å². The first kappa shape index (κ1) is 18.2. The van der Waals surface area contributed by atoms with Crippen LogP contribution in [0.4, 0.5) is 0 Å². The van der Waals surface area contributed by atoms with Crippen LogP contribution in [0, 0.1) is 5.51 Å². The fourth-order valence-electron chi connectivity index (χ4n) is 0.141. The van der Waals surface area contributed by atoms with Crippen LogP contribution in [0.15, 0.2) is 4.34 Å². The van der Waals surface area contributed by atoms with Gasteiger partial charge in [-0.25, -0.2) is 0 Å². The largest absolute Gasteiger partial charge is 1.00 e. The van der Waals surface area contributed by atoms with Crippen molar-refractivity contribution >= 4 is 37.5 Å². The van der Waals surface area contributed by atoms with E-state index in [-0.39, 0.29) is 116 Å². The molecule has 2 nitrogen and oxygen atoms in total. The molecule has 0 radical (unpaired) electrons. The maximum absolute atomic E-state index is 4.56. The van der Waals surface area contributed by atoms with Gasteiger partial charge < -0.3 is 37.5 Å². The molecule has 0 saturated heterocycles. The van der Waals surface area contributed by atoms with Crippen LogP contribution in [-0.4, -0.2) is 10.2 Å². The Bertz CT molecular complexity index is 121. The third kappa shape index (κ3) is 9.32. The second kappa shape index (κ2) is 11.4. The summed E-state index contributed by atoms with van der Waals surface area (Å²) in [5, 5.41) is 6.81. The summed E-state index contributed by atoms with van der Waals surface area (Å²) in [6.07, 6.45) is 0. The van der Waals surface area contributed by atoms with Crippen LogP contribution in [-0.2, 0) is 26.1 Å². The van der Waals surface area contributed by atoms with Gasteiger partial charge in [0, 0.05) is 0 Å². The second-order valence-corrected chi connectivity index (χ2v) is 2.08. The summed E-state index contributed by atoms with van der Waals surface area (Å²) < 4.78 is 0.551. The molecule has 0 aromatic carbocycles. The summed E-state index contributed by atoms with van der Waals surface area (Å²) in [6.45, 7) is 0. The van der Waals surface area contributed by atoms with E-state index in [0.717, 1.165) is 0 Å². The number of aromatic nitrogens is 2. The summed E-state index contributed by atoms with van der Waals surface area (Å²) in [5.74, 6) is 0. The number of hydrogen-bond acceptors (Lipinski definition) is 5. The molecule has 0 spiro atoms. The molecule has 0 aliphatic heterocycles. The molecule has 0 bridgehead atoms. The minimum absolute atomic E-state index is 0. The van der Waals surface area contributed by atoms with E-state index in [4.69, 9.17) is 0 Å². The Labute approximate surface area is 156 Å². The van der Waals surface area contributed by atoms with E-state index < -0.39 is 0 Å². The van der Waals surface area contributed by atoms with Gasteiger partial charge in [0.1, 0.15) is 0 Å². The van der Waals surface area contributed by atoms with Crippen molar-refractivity contribution in [3.8, 4) is 0 Å². The van der Waals surface area contributed by atoms with Crippen LogP contribution in [0.25, 0.3) is 0 Å². The normalized spacial score (nSPS) is 5.78. The van der Waals surface area contributed by atoms with Crippen molar-refractivity contribution in [3.63, 3.8) is 0 Å². The van der Waals surface area contributed by atoms with Crippen molar-refractivity contribution in [2.24, 2.45) is 0 Å². The number of thiol groups is 1. The van der Waals surface area contributed by atoms with Gasteiger partial charge in [0.05, 0.1) is 0 Å². The van der Waals surface area contributed by atoms with E-state index in [2.05, 4.69) is 28.3 Å². The van der Waals surface area contributed by atoms with Crippen molar-refractivity contribution in [3.05, 3.63) is 5.51 Å². The predicted molar refractivity (Wildman–Crippen MR) is 33.1 cm³/mol. The summed E-state index contributed by atoms with van der Waals surface area (Å²) in [4.78, 5) is 0. The minimum atomic E-state index is 0. The quantitative estimate of drug-likeness (QED) is 0.191. The molecule has 9 heavy (non-hydrogen) atoms. The second-order valence-electron chi connectivity index (χ2n) is 0.659. The molecular formula is C2HK2N2S3-. The van der Waals surface area contributed by atoms with Crippen molar-refractivity contribution in [1.29, 1.82) is 0 Å². The fourth-order valence-corrected chi connectivity index (χ4v) is 0.535. The molecule has 0 saturated carbocycles. The van der Waals surface area contributed by atoms with Gasteiger partial charge in [0.15, 0.2) is 0 Å². The van der Waals surface area contributed by atoms with Crippen LogP contribution >= 0.6 is 11.3 Å². The molecule has 1 aromatic rings. The first-order valence-electron chi connectivity index (χ1n) is 1.26. The van der Waals surface area contributed by atoms with E-state index in [1.807, 2.05) is 0 Å². The maximum atomic E-state index is 4.56. The van der Waals surface area contributed by atoms with Crippen LogP contribution in [0.1, 0.15) is 0 Å². The number of hydrogen-bond donors (Lipinski definition) is 0. The van der Waals surface area contributed by atoms with Crippen molar-refractivity contribution in [2.45, 2.75) is 4.34 Å². The Morgan fingerprint density at radius 2 is 2.00 bits per heavy atom. The van der Waals surface area contributed by atoms with Crippen molar-refractivity contribution < 1.29 is 103 Å². The topological polar surface area (TPSA) is 25.8 Å². The van der Waals surface area contributed by atoms with Crippen LogP contribution in [0.2, 0.25) is 0 Å². The summed E-state index contributed by atoms with van der Waals surface area (Å²) in [7, 11) is 0. The zero-order valence-electron chi connectivity index (χ0n) is 5.16. The van der Waals surface area contributed by atoms with Crippen LogP contribution in [0.3, 0.4) is 0 Å². The molecule has 0 atom stereocenters. The van der Waals surface area contributed by atoms with E-state index in [9.17, 15) is 0 Å². The molecule has 0 amide bonds.